The average molecular weight is 876 g/mol. The predicted molar refractivity (Wildman–Crippen MR) is 274 cm³/mol. The third-order valence-electron chi connectivity index (χ3n) is 13.5. The summed E-state index contributed by atoms with van der Waals surface area (Å²) in [5.41, 5.74) is 8.55. The van der Waals surface area contributed by atoms with Crippen LogP contribution < -0.4 is 20.7 Å². The number of para-hydroxylation sites is 8. The van der Waals surface area contributed by atoms with Crippen molar-refractivity contribution in [3.05, 3.63) is 224 Å². The minimum Gasteiger partial charge on any atom is -0.456 e. The Hall–Kier alpha value is -8.92. The molecule has 5 heterocycles. The highest BCUT2D eigenvalue weighted by Gasteiger charge is 2.43. The second kappa shape index (κ2) is 14.5. The summed E-state index contributed by atoms with van der Waals surface area (Å²) in [5, 5.41) is 9.39. The summed E-state index contributed by atoms with van der Waals surface area (Å²) in [6, 6.07) is 79.4. The number of rotatable bonds is 7. The maximum Gasteiger partial charge on any atom is 0.242 e. The standard InChI is InChI=1S/C58H37N7OSi/c1-3-18-39(19-4-1)67(40-20-5-2-6-21-40,53-33-17-25-45-44-24-9-16-32-52(44)66-54(45)53)41-36-34-38(35-37-41)55-60-56(63-47-27-11-7-22-42(47)43-23-8-12-28-48(43)63)62-57(61-55)65-51-31-15-14-30-50(51)64-49-29-13-10-26-46(49)59-58(64)65/h1-37H. The molecule has 0 N–H and O–H groups in total. The number of furan rings is 1. The number of fused-ring (bicyclic) bond motifs is 11. The lowest BCUT2D eigenvalue weighted by Crippen LogP contribution is -2.74. The summed E-state index contributed by atoms with van der Waals surface area (Å²) in [6.45, 7) is 0. The van der Waals surface area contributed by atoms with Crippen LogP contribution in [0.25, 0.3) is 94.9 Å². The topological polar surface area (TPSA) is 79.0 Å². The fraction of sp³-hybridized carbons (Fsp3) is 0. The largest absolute Gasteiger partial charge is 0.456 e. The number of hydrogen-bond acceptors (Lipinski definition) is 5. The Morgan fingerprint density at radius 1 is 0.358 bits per heavy atom. The van der Waals surface area contributed by atoms with Crippen molar-refractivity contribution in [3.63, 3.8) is 0 Å². The Balaban J connectivity index is 1.04. The van der Waals surface area contributed by atoms with Gasteiger partial charge in [-0.3, -0.25) is 8.97 Å². The maximum absolute atomic E-state index is 6.88. The van der Waals surface area contributed by atoms with Crippen molar-refractivity contribution >= 4 is 100 Å². The van der Waals surface area contributed by atoms with E-state index in [0.29, 0.717) is 17.7 Å². The van der Waals surface area contributed by atoms with Gasteiger partial charge in [-0.05, 0) is 63.2 Å². The fourth-order valence-electron chi connectivity index (χ4n) is 10.6. The smallest absolute Gasteiger partial charge is 0.242 e. The van der Waals surface area contributed by atoms with Crippen LogP contribution in [0.15, 0.2) is 229 Å². The zero-order chi connectivity index (χ0) is 44.1. The number of imidazole rings is 2. The van der Waals surface area contributed by atoms with Gasteiger partial charge in [-0.1, -0.05) is 182 Å². The molecule has 67 heavy (non-hydrogen) atoms. The van der Waals surface area contributed by atoms with Gasteiger partial charge >= 0.3 is 0 Å². The van der Waals surface area contributed by atoms with E-state index in [9.17, 15) is 0 Å². The van der Waals surface area contributed by atoms with Gasteiger partial charge in [-0.15, -0.1) is 0 Å². The van der Waals surface area contributed by atoms with Gasteiger partial charge in [-0.2, -0.15) is 15.0 Å². The van der Waals surface area contributed by atoms with Crippen molar-refractivity contribution in [2.24, 2.45) is 0 Å². The third-order valence-corrected chi connectivity index (χ3v) is 18.3. The fourth-order valence-corrected chi connectivity index (χ4v) is 15.5. The second-order valence-corrected chi connectivity index (χ2v) is 20.8. The number of hydrogen-bond donors (Lipinski definition) is 0. The maximum atomic E-state index is 6.88. The molecule has 14 aromatic rings. The van der Waals surface area contributed by atoms with Gasteiger partial charge in [0.15, 0.2) is 13.9 Å². The Bertz CT molecular complexity index is 4130. The van der Waals surface area contributed by atoms with Gasteiger partial charge in [0.2, 0.25) is 17.7 Å². The van der Waals surface area contributed by atoms with Crippen molar-refractivity contribution in [3.8, 4) is 23.3 Å². The molecule has 0 spiro atoms. The molecule has 0 saturated carbocycles. The number of benzene rings is 9. The van der Waals surface area contributed by atoms with Crippen molar-refractivity contribution in [1.82, 2.24) is 33.5 Å². The molecule has 0 saturated heterocycles. The van der Waals surface area contributed by atoms with Crippen LogP contribution in [0.3, 0.4) is 0 Å². The molecule has 14 rings (SSSR count). The first-order valence-electron chi connectivity index (χ1n) is 22.5. The van der Waals surface area contributed by atoms with E-state index in [4.69, 9.17) is 24.4 Å². The summed E-state index contributed by atoms with van der Waals surface area (Å²) >= 11 is 0. The zero-order valence-corrected chi connectivity index (χ0v) is 36.9. The first kappa shape index (κ1) is 37.5. The van der Waals surface area contributed by atoms with Gasteiger partial charge in [-0.25, -0.2) is 9.55 Å². The minimum absolute atomic E-state index is 0.473. The summed E-state index contributed by atoms with van der Waals surface area (Å²) < 4.78 is 13.3. The van der Waals surface area contributed by atoms with E-state index in [0.717, 1.165) is 77.2 Å². The first-order chi connectivity index (χ1) is 33.2. The van der Waals surface area contributed by atoms with Crippen molar-refractivity contribution < 1.29 is 4.42 Å². The van der Waals surface area contributed by atoms with Crippen molar-refractivity contribution in [1.29, 1.82) is 0 Å². The molecule has 9 heteroatoms. The number of aromatic nitrogens is 7. The van der Waals surface area contributed by atoms with E-state index in [2.05, 4.69) is 220 Å². The van der Waals surface area contributed by atoms with Crippen molar-refractivity contribution in [2.45, 2.75) is 0 Å². The summed E-state index contributed by atoms with van der Waals surface area (Å²) in [4.78, 5) is 21.4. The summed E-state index contributed by atoms with van der Waals surface area (Å²) in [6.07, 6.45) is 0. The van der Waals surface area contributed by atoms with E-state index >= 15 is 0 Å². The highest BCUT2D eigenvalue weighted by molar-refractivity contribution is 7.20. The lowest BCUT2D eigenvalue weighted by molar-refractivity contribution is 0.671. The molecule has 9 aromatic carbocycles. The Labute approximate surface area is 384 Å². The van der Waals surface area contributed by atoms with Crippen LogP contribution in [-0.2, 0) is 0 Å². The van der Waals surface area contributed by atoms with Crippen LogP contribution in [0.4, 0.5) is 0 Å². The zero-order valence-electron chi connectivity index (χ0n) is 35.9. The first-order valence-corrected chi connectivity index (χ1v) is 24.5. The van der Waals surface area contributed by atoms with Crippen molar-refractivity contribution in [2.75, 3.05) is 0 Å². The van der Waals surface area contributed by atoms with Gasteiger partial charge in [0.05, 0.1) is 33.1 Å². The minimum atomic E-state index is -3.06. The van der Waals surface area contributed by atoms with Gasteiger partial charge in [0, 0.05) is 27.1 Å². The van der Waals surface area contributed by atoms with E-state index < -0.39 is 8.07 Å². The van der Waals surface area contributed by atoms with E-state index in [1.807, 2.05) is 18.2 Å². The van der Waals surface area contributed by atoms with E-state index in [1.54, 1.807) is 0 Å². The molecule has 5 aromatic heterocycles. The molecular weight excluding hydrogens is 839 g/mol. The molecule has 0 bridgehead atoms. The molecule has 314 valence electrons. The Morgan fingerprint density at radius 2 is 0.881 bits per heavy atom. The molecule has 0 aliphatic heterocycles. The van der Waals surface area contributed by atoms with Crippen LogP contribution in [-0.4, -0.2) is 41.5 Å². The Morgan fingerprint density at radius 3 is 1.57 bits per heavy atom. The highest BCUT2D eigenvalue weighted by Crippen LogP contribution is 2.34. The quantitative estimate of drug-likeness (QED) is 0.118. The normalized spacial score (nSPS) is 12.2. The SMILES string of the molecule is c1ccc([Si](c2ccccc2)(c2ccc(-c3nc(-n4c5ccccc5c5ccccc54)nc(-n4c5ccccc5n5c6ccccc6nc45)n3)cc2)c2cccc3c2oc2ccccc23)cc1. The van der Waals surface area contributed by atoms with Crippen LogP contribution in [0, 0.1) is 0 Å². The molecule has 0 radical (unpaired) electrons. The summed E-state index contributed by atoms with van der Waals surface area (Å²) in [5.74, 6) is 2.26. The molecule has 0 fully saturated rings. The molecule has 0 aliphatic rings. The molecule has 0 atom stereocenters. The van der Waals surface area contributed by atoms with Crippen LogP contribution in [0.5, 0.6) is 0 Å². The molecule has 0 amide bonds. The second-order valence-electron chi connectivity index (χ2n) is 17.0. The van der Waals surface area contributed by atoms with E-state index in [1.165, 1.54) is 20.7 Å². The predicted octanol–water partition coefficient (Wildman–Crippen LogP) is 10.7. The number of nitrogens with zero attached hydrogens (tertiary/aromatic N) is 7. The van der Waals surface area contributed by atoms with Gasteiger partial charge in [0.1, 0.15) is 11.2 Å². The molecule has 8 nitrogen and oxygen atoms in total. The average Bonchev–Trinajstić information content (AvgIpc) is 4.15. The third kappa shape index (κ3) is 5.46. The van der Waals surface area contributed by atoms with Crippen LogP contribution >= 0.6 is 0 Å². The van der Waals surface area contributed by atoms with E-state index in [-0.39, 0.29) is 0 Å². The monoisotopic (exact) mass is 875 g/mol. The lowest BCUT2D eigenvalue weighted by Gasteiger charge is -2.34. The highest BCUT2D eigenvalue weighted by atomic mass is 28.3. The van der Waals surface area contributed by atoms with Gasteiger partial charge in [0.25, 0.3) is 0 Å². The Kier molecular flexibility index (Phi) is 8.13. The summed E-state index contributed by atoms with van der Waals surface area (Å²) in [7, 11) is -3.06. The molecular formula is C58H37N7OSi. The lowest BCUT2D eigenvalue weighted by atomic mass is 10.1. The van der Waals surface area contributed by atoms with Crippen LogP contribution in [0.1, 0.15) is 0 Å². The van der Waals surface area contributed by atoms with Gasteiger partial charge < -0.3 is 4.42 Å². The van der Waals surface area contributed by atoms with Crippen LogP contribution in [0.2, 0.25) is 0 Å². The molecule has 0 aliphatic carbocycles. The molecule has 0 unspecified atom stereocenters.